The third-order valence-electron chi connectivity index (χ3n) is 4.13. The molecule has 0 fully saturated rings. The summed E-state index contributed by atoms with van der Waals surface area (Å²) < 4.78 is 11.4. The van der Waals surface area contributed by atoms with E-state index in [0.29, 0.717) is 35.6 Å². The Bertz CT molecular complexity index is 851. The van der Waals surface area contributed by atoms with E-state index < -0.39 is 5.91 Å². The van der Waals surface area contributed by atoms with Gasteiger partial charge < -0.3 is 25.8 Å². The molecule has 0 saturated carbocycles. The van der Waals surface area contributed by atoms with Crippen molar-refractivity contribution in [1.82, 2.24) is 10.6 Å². The zero-order chi connectivity index (χ0) is 21.8. The van der Waals surface area contributed by atoms with Crippen molar-refractivity contribution >= 4 is 47.4 Å². The average Bonchev–Trinajstić information content (AvgIpc) is 2.74. The Morgan fingerprint density at radius 3 is 2.61 bits per heavy atom. The van der Waals surface area contributed by atoms with Gasteiger partial charge in [0, 0.05) is 6.54 Å². The fourth-order valence-electron chi connectivity index (χ4n) is 2.60. The molecule has 7 nitrogen and oxygen atoms in total. The highest BCUT2D eigenvalue weighted by molar-refractivity contribution is 14.0. The summed E-state index contributed by atoms with van der Waals surface area (Å²) in [5, 5.41) is 7.13. The second-order valence-corrected chi connectivity index (χ2v) is 6.96. The minimum Gasteiger partial charge on any atom is -0.487 e. The summed E-state index contributed by atoms with van der Waals surface area (Å²) in [6.07, 6.45) is 0.760. The number of nitrogens with one attached hydrogen (secondary N) is 2. The van der Waals surface area contributed by atoms with Gasteiger partial charge >= 0.3 is 0 Å². The molecule has 0 bridgehead atoms. The van der Waals surface area contributed by atoms with Crippen molar-refractivity contribution in [3.8, 4) is 11.5 Å². The van der Waals surface area contributed by atoms with Crippen LogP contribution in [0, 0.1) is 0 Å². The Morgan fingerprint density at radius 2 is 1.94 bits per heavy atom. The summed E-state index contributed by atoms with van der Waals surface area (Å²) in [4.78, 5) is 15.5. The van der Waals surface area contributed by atoms with Gasteiger partial charge in [0.05, 0.1) is 18.1 Å². The van der Waals surface area contributed by atoms with Gasteiger partial charge in [0.25, 0.3) is 5.91 Å². The number of halogens is 2. The van der Waals surface area contributed by atoms with Crippen molar-refractivity contribution < 1.29 is 14.3 Å². The summed E-state index contributed by atoms with van der Waals surface area (Å²) in [5.41, 5.74) is 6.07. The number of rotatable bonds is 11. The number of primary amides is 1. The van der Waals surface area contributed by atoms with E-state index in [4.69, 9.17) is 26.8 Å². The van der Waals surface area contributed by atoms with Gasteiger partial charge in [0.1, 0.15) is 17.6 Å². The number of nitrogens with two attached hydrogens (primary N) is 1. The summed E-state index contributed by atoms with van der Waals surface area (Å²) in [5.74, 6) is 1.42. The zero-order valence-electron chi connectivity index (χ0n) is 17.8. The predicted octanol–water partition coefficient (Wildman–Crippen LogP) is 3.73. The number of benzene rings is 2. The Kier molecular flexibility index (Phi) is 12.8. The fourth-order valence-corrected chi connectivity index (χ4v) is 2.78. The van der Waals surface area contributed by atoms with Crippen molar-refractivity contribution in [1.29, 1.82) is 0 Å². The second kappa shape index (κ2) is 14.7. The number of carbonyl (C=O) groups is 1. The van der Waals surface area contributed by atoms with Gasteiger partial charge in [-0.2, -0.15) is 0 Å². The number of carbonyl (C=O) groups excluding carboxylic acids is 1. The maximum absolute atomic E-state index is 10.9. The van der Waals surface area contributed by atoms with Crippen LogP contribution in [0.3, 0.4) is 0 Å². The molecule has 0 saturated heterocycles. The molecule has 0 radical (unpaired) electrons. The molecule has 0 aromatic heterocycles. The number of ether oxygens (including phenoxy) is 2. The Balaban J connectivity index is 0.00000480. The highest BCUT2D eigenvalue weighted by Crippen LogP contribution is 2.24. The van der Waals surface area contributed by atoms with Crippen LogP contribution in [0.4, 0.5) is 0 Å². The maximum atomic E-state index is 10.9. The average molecular weight is 561 g/mol. The number of para-hydroxylation sites is 1. The molecule has 1 atom stereocenters. The molecule has 0 aliphatic rings. The lowest BCUT2D eigenvalue weighted by Gasteiger charge is -2.20. The monoisotopic (exact) mass is 560 g/mol. The van der Waals surface area contributed by atoms with Gasteiger partial charge in [0.15, 0.2) is 12.6 Å². The van der Waals surface area contributed by atoms with Gasteiger partial charge in [0.2, 0.25) is 0 Å². The number of amides is 1. The van der Waals surface area contributed by atoms with Crippen molar-refractivity contribution in [2.45, 2.75) is 32.9 Å². The molecule has 1 unspecified atom stereocenters. The third kappa shape index (κ3) is 10.1. The molecule has 2 rings (SSSR count). The summed E-state index contributed by atoms with van der Waals surface area (Å²) >= 11 is 6.19. The number of guanidine groups is 1. The highest BCUT2D eigenvalue weighted by Gasteiger charge is 2.11. The van der Waals surface area contributed by atoms with Crippen LogP contribution in [0.1, 0.15) is 25.8 Å². The Hall–Kier alpha value is -2.20. The molecule has 0 aliphatic heterocycles. The number of hydrogen-bond acceptors (Lipinski definition) is 4. The van der Waals surface area contributed by atoms with Gasteiger partial charge in [-0.15, -0.1) is 24.0 Å². The van der Waals surface area contributed by atoms with E-state index >= 15 is 0 Å². The van der Waals surface area contributed by atoms with Crippen molar-refractivity contribution in [3.63, 3.8) is 0 Å². The van der Waals surface area contributed by atoms with Crippen LogP contribution in [0.5, 0.6) is 11.5 Å². The van der Waals surface area contributed by atoms with Gasteiger partial charge in [-0.25, -0.2) is 4.99 Å². The number of hydrogen-bond donors (Lipinski definition) is 3. The smallest absolute Gasteiger partial charge is 0.255 e. The molecule has 1 amide bonds. The van der Waals surface area contributed by atoms with Crippen LogP contribution in [-0.4, -0.2) is 37.7 Å². The van der Waals surface area contributed by atoms with Crippen LogP contribution in [0.15, 0.2) is 53.5 Å². The lowest BCUT2D eigenvalue weighted by atomic mass is 10.2. The van der Waals surface area contributed by atoms with Gasteiger partial charge in [-0.3, -0.25) is 4.79 Å². The third-order valence-corrected chi connectivity index (χ3v) is 4.44. The van der Waals surface area contributed by atoms with E-state index in [2.05, 4.69) is 22.5 Å². The molecule has 170 valence electrons. The quantitative estimate of drug-likeness (QED) is 0.221. The zero-order valence-corrected chi connectivity index (χ0v) is 20.9. The fraction of sp³-hybridized carbons (Fsp3) is 0.364. The van der Waals surface area contributed by atoms with Crippen LogP contribution >= 0.6 is 35.6 Å². The highest BCUT2D eigenvalue weighted by atomic mass is 127. The topological polar surface area (TPSA) is 98.0 Å². The maximum Gasteiger partial charge on any atom is 0.255 e. The van der Waals surface area contributed by atoms with Crippen LogP contribution in [-0.2, 0) is 11.3 Å². The SMILES string of the molecule is CCNC(=NCc1cccc(OCC(N)=O)c1)NCC(CC)Oc1ccccc1Cl.I. The first kappa shape index (κ1) is 26.8. The number of nitrogens with zero attached hydrogens (tertiary/aromatic N) is 1. The molecule has 9 heteroatoms. The normalized spacial score (nSPS) is 11.8. The van der Waals surface area contributed by atoms with Crippen molar-refractivity contribution in [2.75, 3.05) is 19.7 Å². The number of aliphatic imine (C=N–C) groups is 1. The standard InChI is InChI=1S/C22H29ClN4O3.HI/c1-3-17(30-20-11-6-5-10-19(20)23)14-27-22(25-4-2)26-13-16-8-7-9-18(12-16)29-15-21(24)28;/h5-12,17H,3-4,13-15H2,1-2H3,(H2,24,28)(H2,25,26,27);1H. The minimum absolute atomic E-state index is 0. The molecule has 31 heavy (non-hydrogen) atoms. The van der Waals surface area contributed by atoms with E-state index in [9.17, 15) is 4.79 Å². The first-order valence-corrected chi connectivity index (χ1v) is 10.3. The summed E-state index contributed by atoms with van der Waals surface area (Å²) in [7, 11) is 0. The van der Waals surface area contributed by atoms with E-state index in [-0.39, 0.29) is 36.7 Å². The minimum atomic E-state index is -0.512. The van der Waals surface area contributed by atoms with Crippen molar-refractivity contribution in [2.24, 2.45) is 10.7 Å². The predicted molar refractivity (Wildman–Crippen MR) is 136 cm³/mol. The lowest BCUT2D eigenvalue weighted by molar-refractivity contribution is -0.119. The summed E-state index contributed by atoms with van der Waals surface area (Å²) in [6, 6.07) is 14.8. The molecule has 4 N–H and O–H groups in total. The van der Waals surface area contributed by atoms with E-state index in [0.717, 1.165) is 18.5 Å². The molecule has 0 spiro atoms. The Morgan fingerprint density at radius 1 is 1.16 bits per heavy atom. The first-order chi connectivity index (χ1) is 14.5. The van der Waals surface area contributed by atoms with Crippen LogP contribution in [0.2, 0.25) is 5.02 Å². The van der Waals surface area contributed by atoms with Crippen LogP contribution < -0.4 is 25.8 Å². The van der Waals surface area contributed by atoms with Crippen molar-refractivity contribution in [3.05, 3.63) is 59.1 Å². The van der Waals surface area contributed by atoms with E-state index in [1.165, 1.54) is 0 Å². The molecule has 2 aromatic carbocycles. The first-order valence-electron chi connectivity index (χ1n) is 9.95. The van der Waals surface area contributed by atoms with E-state index in [1.54, 1.807) is 6.07 Å². The van der Waals surface area contributed by atoms with Gasteiger partial charge in [-0.1, -0.05) is 42.8 Å². The lowest BCUT2D eigenvalue weighted by Crippen LogP contribution is -2.42. The molecule has 0 aliphatic carbocycles. The second-order valence-electron chi connectivity index (χ2n) is 6.56. The molecular formula is C22H30ClIN4O3. The van der Waals surface area contributed by atoms with Gasteiger partial charge in [-0.05, 0) is 43.2 Å². The van der Waals surface area contributed by atoms with Crippen LogP contribution in [0.25, 0.3) is 0 Å². The largest absolute Gasteiger partial charge is 0.487 e. The summed E-state index contributed by atoms with van der Waals surface area (Å²) in [6.45, 7) is 5.68. The van der Waals surface area contributed by atoms with E-state index in [1.807, 2.05) is 49.4 Å². The Labute approximate surface area is 205 Å². The molecular weight excluding hydrogens is 531 g/mol. The molecule has 2 aromatic rings. The molecule has 0 heterocycles.